The first-order valence-corrected chi connectivity index (χ1v) is 5.46. The van der Waals surface area contributed by atoms with Crippen molar-refractivity contribution in [2.24, 2.45) is 0 Å². The zero-order valence-corrected chi connectivity index (χ0v) is 9.89. The SMILES string of the molecule is Cc1cc(N)cc(C(=O)N(CCO)CCO)c1. The fourth-order valence-corrected chi connectivity index (χ4v) is 1.68. The summed E-state index contributed by atoms with van der Waals surface area (Å²) in [5, 5.41) is 17.7. The Bertz CT molecular complexity index is 367. The molecule has 0 aliphatic rings. The van der Waals surface area contributed by atoms with Gasteiger partial charge in [-0.15, -0.1) is 0 Å². The third-order valence-electron chi connectivity index (χ3n) is 2.37. The number of nitrogen functional groups attached to an aromatic ring is 1. The van der Waals surface area contributed by atoms with Crippen LogP contribution < -0.4 is 5.73 Å². The maximum atomic E-state index is 12.1. The summed E-state index contributed by atoms with van der Waals surface area (Å²) in [6.45, 7) is 2.00. The fourth-order valence-electron chi connectivity index (χ4n) is 1.68. The molecular formula is C12H18N2O3. The van der Waals surface area contributed by atoms with Crippen LogP contribution in [0.15, 0.2) is 18.2 Å². The lowest BCUT2D eigenvalue weighted by Gasteiger charge is -2.21. The molecule has 0 heterocycles. The first-order valence-electron chi connectivity index (χ1n) is 5.46. The van der Waals surface area contributed by atoms with Gasteiger partial charge in [-0.1, -0.05) is 0 Å². The molecule has 1 aromatic carbocycles. The van der Waals surface area contributed by atoms with Crippen LogP contribution in [0.1, 0.15) is 15.9 Å². The molecule has 5 nitrogen and oxygen atoms in total. The number of nitrogens with two attached hydrogens (primary N) is 1. The van der Waals surface area contributed by atoms with Crippen LogP contribution in [0.25, 0.3) is 0 Å². The smallest absolute Gasteiger partial charge is 0.254 e. The number of rotatable bonds is 5. The van der Waals surface area contributed by atoms with Crippen molar-refractivity contribution in [3.8, 4) is 0 Å². The van der Waals surface area contributed by atoms with Gasteiger partial charge >= 0.3 is 0 Å². The molecule has 4 N–H and O–H groups in total. The number of hydrogen-bond acceptors (Lipinski definition) is 4. The molecule has 17 heavy (non-hydrogen) atoms. The van der Waals surface area contributed by atoms with E-state index in [9.17, 15) is 4.79 Å². The van der Waals surface area contributed by atoms with Crippen LogP contribution in [0, 0.1) is 6.92 Å². The number of carbonyl (C=O) groups is 1. The normalized spacial score (nSPS) is 10.3. The van der Waals surface area contributed by atoms with E-state index in [1.807, 2.05) is 6.92 Å². The molecule has 1 aromatic rings. The molecule has 0 saturated heterocycles. The third kappa shape index (κ3) is 3.72. The molecule has 0 radical (unpaired) electrons. The first-order chi connectivity index (χ1) is 8.08. The summed E-state index contributed by atoms with van der Waals surface area (Å²) >= 11 is 0. The van der Waals surface area contributed by atoms with E-state index in [2.05, 4.69) is 0 Å². The molecule has 5 heteroatoms. The average Bonchev–Trinajstić information content (AvgIpc) is 2.26. The number of amides is 1. The van der Waals surface area contributed by atoms with E-state index in [1.165, 1.54) is 4.90 Å². The Labute approximate surface area is 100 Å². The quantitative estimate of drug-likeness (QED) is 0.630. The molecule has 0 aliphatic carbocycles. The predicted molar refractivity (Wildman–Crippen MR) is 65.7 cm³/mol. The summed E-state index contributed by atoms with van der Waals surface area (Å²) in [7, 11) is 0. The Morgan fingerprint density at radius 2 is 1.82 bits per heavy atom. The average molecular weight is 238 g/mol. The second-order valence-corrected chi connectivity index (χ2v) is 3.87. The maximum Gasteiger partial charge on any atom is 0.254 e. The van der Waals surface area contributed by atoms with Gasteiger partial charge in [-0.25, -0.2) is 0 Å². The highest BCUT2D eigenvalue weighted by molar-refractivity contribution is 5.95. The summed E-state index contributed by atoms with van der Waals surface area (Å²) in [4.78, 5) is 13.5. The van der Waals surface area contributed by atoms with Crippen LogP contribution in [0.2, 0.25) is 0 Å². The van der Waals surface area contributed by atoms with Gasteiger partial charge in [-0.2, -0.15) is 0 Å². The minimum absolute atomic E-state index is 0.132. The van der Waals surface area contributed by atoms with Crippen molar-refractivity contribution in [2.75, 3.05) is 32.0 Å². The van der Waals surface area contributed by atoms with Crippen LogP contribution in [-0.2, 0) is 0 Å². The molecule has 0 saturated carbocycles. The summed E-state index contributed by atoms with van der Waals surface area (Å²) in [6, 6.07) is 5.11. The summed E-state index contributed by atoms with van der Waals surface area (Å²) < 4.78 is 0. The van der Waals surface area contributed by atoms with Crippen molar-refractivity contribution >= 4 is 11.6 Å². The number of aliphatic hydroxyl groups is 2. The highest BCUT2D eigenvalue weighted by atomic mass is 16.3. The summed E-state index contributed by atoms with van der Waals surface area (Å²) in [6.07, 6.45) is 0. The number of hydrogen-bond donors (Lipinski definition) is 3. The first kappa shape index (κ1) is 13.5. The van der Waals surface area contributed by atoms with Crippen molar-refractivity contribution in [3.05, 3.63) is 29.3 Å². The molecule has 0 spiro atoms. The van der Waals surface area contributed by atoms with Crippen molar-refractivity contribution in [2.45, 2.75) is 6.92 Å². The van der Waals surface area contributed by atoms with Crippen LogP contribution in [0.4, 0.5) is 5.69 Å². The monoisotopic (exact) mass is 238 g/mol. The van der Waals surface area contributed by atoms with E-state index >= 15 is 0 Å². The minimum atomic E-state index is -0.233. The molecular weight excluding hydrogens is 220 g/mol. The van der Waals surface area contributed by atoms with Crippen LogP contribution in [0.3, 0.4) is 0 Å². The number of benzene rings is 1. The molecule has 0 bridgehead atoms. The highest BCUT2D eigenvalue weighted by Crippen LogP contribution is 2.13. The molecule has 94 valence electrons. The zero-order chi connectivity index (χ0) is 12.8. The van der Waals surface area contributed by atoms with Gasteiger partial charge in [-0.05, 0) is 30.7 Å². The minimum Gasteiger partial charge on any atom is -0.399 e. The number of aryl methyl sites for hydroxylation is 1. The third-order valence-corrected chi connectivity index (χ3v) is 2.37. The Hall–Kier alpha value is -1.59. The standard InChI is InChI=1S/C12H18N2O3/c1-9-6-10(8-11(13)7-9)12(17)14(2-4-15)3-5-16/h6-8,15-16H,2-5,13H2,1H3. The number of nitrogens with zero attached hydrogens (tertiary/aromatic N) is 1. The lowest BCUT2D eigenvalue weighted by molar-refractivity contribution is 0.0685. The van der Waals surface area contributed by atoms with Crippen molar-refractivity contribution in [1.29, 1.82) is 0 Å². The Kier molecular flexibility index (Phi) is 4.93. The van der Waals surface area contributed by atoms with E-state index in [0.717, 1.165) is 5.56 Å². The molecule has 0 unspecified atom stereocenters. The van der Waals surface area contributed by atoms with E-state index in [4.69, 9.17) is 15.9 Å². The van der Waals surface area contributed by atoms with Crippen molar-refractivity contribution in [3.63, 3.8) is 0 Å². The van der Waals surface area contributed by atoms with Gasteiger partial charge in [0.2, 0.25) is 0 Å². The predicted octanol–water partition coefficient (Wildman–Crippen LogP) is 0.00402. The van der Waals surface area contributed by atoms with Gasteiger partial charge in [0.25, 0.3) is 5.91 Å². The van der Waals surface area contributed by atoms with Crippen LogP contribution >= 0.6 is 0 Å². The second-order valence-electron chi connectivity index (χ2n) is 3.87. The lowest BCUT2D eigenvalue weighted by Crippen LogP contribution is -2.35. The molecule has 1 rings (SSSR count). The Balaban J connectivity index is 2.92. The number of anilines is 1. The lowest BCUT2D eigenvalue weighted by atomic mass is 10.1. The summed E-state index contributed by atoms with van der Waals surface area (Å²) in [5.41, 5.74) is 7.59. The zero-order valence-electron chi connectivity index (χ0n) is 9.89. The van der Waals surface area contributed by atoms with Gasteiger partial charge in [0.05, 0.1) is 13.2 Å². The summed E-state index contributed by atoms with van der Waals surface area (Å²) in [5.74, 6) is -0.233. The van der Waals surface area contributed by atoms with Crippen LogP contribution in [-0.4, -0.2) is 47.3 Å². The highest BCUT2D eigenvalue weighted by Gasteiger charge is 2.15. The van der Waals surface area contributed by atoms with E-state index in [1.54, 1.807) is 18.2 Å². The molecule has 0 atom stereocenters. The maximum absolute atomic E-state index is 12.1. The van der Waals surface area contributed by atoms with E-state index < -0.39 is 0 Å². The van der Waals surface area contributed by atoms with Gasteiger partial charge in [0.1, 0.15) is 0 Å². The van der Waals surface area contributed by atoms with Gasteiger partial charge < -0.3 is 20.8 Å². The Morgan fingerprint density at radius 1 is 1.24 bits per heavy atom. The van der Waals surface area contributed by atoms with E-state index in [-0.39, 0.29) is 32.2 Å². The van der Waals surface area contributed by atoms with Crippen LogP contribution in [0.5, 0.6) is 0 Å². The van der Waals surface area contributed by atoms with Gasteiger partial charge in [-0.3, -0.25) is 4.79 Å². The van der Waals surface area contributed by atoms with Crippen molar-refractivity contribution < 1.29 is 15.0 Å². The fraction of sp³-hybridized carbons (Fsp3) is 0.417. The molecule has 0 aliphatic heterocycles. The van der Waals surface area contributed by atoms with Gasteiger partial charge in [0, 0.05) is 24.3 Å². The number of carbonyl (C=O) groups excluding carboxylic acids is 1. The van der Waals surface area contributed by atoms with Gasteiger partial charge in [0.15, 0.2) is 0 Å². The largest absolute Gasteiger partial charge is 0.399 e. The second kappa shape index (κ2) is 6.22. The molecule has 1 amide bonds. The topological polar surface area (TPSA) is 86.8 Å². The number of aliphatic hydroxyl groups excluding tert-OH is 2. The van der Waals surface area contributed by atoms with Crippen molar-refractivity contribution in [1.82, 2.24) is 4.90 Å². The Morgan fingerprint density at radius 3 is 2.29 bits per heavy atom. The van der Waals surface area contributed by atoms with E-state index in [0.29, 0.717) is 11.3 Å². The molecule has 0 fully saturated rings. The molecule has 0 aromatic heterocycles.